The Morgan fingerprint density at radius 2 is 1.91 bits per heavy atom. The number of ether oxygens (including phenoxy) is 1. The van der Waals surface area contributed by atoms with Gasteiger partial charge in [0.2, 0.25) is 0 Å². The average molecular weight is 426 g/mol. The first-order valence-electron chi connectivity index (χ1n) is 7.47. The Balaban J connectivity index is 2.31. The van der Waals surface area contributed by atoms with E-state index in [0.29, 0.717) is 17.3 Å². The molecule has 0 radical (unpaired) electrons. The number of hydrogen-bond donors (Lipinski definition) is 1. The van der Waals surface area contributed by atoms with Gasteiger partial charge in [-0.05, 0) is 78.3 Å². The molecule has 0 fully saturated rings. The normalized spacial score (nSPS) is 11.6. The summed E-state index contributed by atoms with van der Waals surface area (Å²) < 4.78 is 20.1. The third-order valence-corrected chi connectivity index (χ3v) is 3.95. The number of nitrogens with zero attached hydrogens (tertiary/aromatic N) is 1. The van der Waals surface area contributed by atoms with Gasteiger partial charge < -0.3 is 10.5 Å². The van der Waals surface area contributed by atoms with E-state index < -0.39 is 0 Å². The zero-order valence-corrected chi connectivity index (χ0v) is 15.6. The lowest BCUT2D eigenvalue weighted by Crippen LogP contribution is -2.10. The van der Waals surface area contributed by atoms with Crippen molar-refractivity contribution in [3.8, 4) is 11.5 Å². The maximum Gasteiger partial charge on any atom is 0.131 e. The van der Waals surface area contributed by atoms with Gasteiger partial charge in [-0.1, -0.05) is 6.92 Å². The number of aliphatic imine (C=N–C) groups is 1. The summed E-state index contributed by atoms with van der Waals surface area (Å²) in [5.41, 5.74) is 8.65. The van der Waals surface area contributed by atoms with E-state index in [1.807, 2.05) is 26.0 Å². The maximum absolute atomic E-state index is 13.5. The Kier molecular flexibility index (Phi) is 5.98. The lowest BCUT2D eigenvalue weighted by Gasteiger charge is -2.12. The fraction of sp³-hybridized carbons (Fsp3) is 0.278. The van der Waals surface area contributed by atoms with Crippen molar-refractivity contribution < 1.29 is 9.13 Å². The van der Waals surface area contributed by atoms with E-state index in [0.717, 1.165) is 33.2 Å². The molecule has 0 saturated carbocycles. The van der Waals surface area contributed by atoms with Crippen LogP contribution in [0.15, 0.2) is 35.3 Å². The quantitative estimate of drug-likeness (QED) is 0.383. The van der Waals surface area contributed by atoms with E-state index in [1.54, 1.807) is 6.07 Å². The summed E-state index contributed by atoms with van der Waals surface area (Å²) in [5, 5.41) is 0. The van der Waals surface area contributed by atoms with Crippen LogP contribution in [0.3, 0.4) is 0 Å². The van der Waals surface area contributed by atoms with Gasteiger partial charge in [-0.2, -0.15) is 0 Å². The van der Waals surface area contributed by atoms with Crippen LogP contribution in [0.1, 0.15) is 30.9 Å². The number of benzene rings is 2. The third kappa shape index (κ3) is 4.92. The van der Waals surface area contributed by atoms with Crippen molar-refractivity contribution in [2.75, 3.05) is 0 Å². The summed E-state index contributed by atoms with van der Waals surface area (Å²) in [4.78, 5) is 4.46. The van der Waals surface area contributed by atoms with Gasteiger partial charge in [0, 0.05) is 16.1 Å². The predicted molar refractivity (Wildman–Crippen MR) is 101 cm³/mol. The highest BCUT2D eigenvalue weighted by atomic mass is 127. The molecule has 3 nitrogen and oxygen atoms in total. The SMILES string of the molecule is CCCC(N)=Nc1cc(C)c(Oc2cc(F)cc(I)c2)cc1C. The molecule has 0 saturated heterocycles. The van der Waals surface area contributed by atoms with Gasteiger partial charge in [0.25, 0.3) is 0 Å². The van der Waals surface area contributed by atoms with Crippen molar-refractivity contribution in [3.63, 3.8) is 0 Å². The molecule has 122 valence electrons. The van der Waals surface area contributed by atoms with Crippen molar-refractivity contribution in [2.45, 2.75) is 33.6 Å². The molecule has 2 aromatic rings. The topological polar surface area (TPSA) is 47.6 Å². The summed E-state index contributed by atoms with van der Waals surface area (Å²) in [6.07, 6.45) is 1.74. The van der Waals surface area contributed by atoms with Crippen LogP contribution in [0.4, 0.5) is 10.1 Å². The number of halogens is 2. The van der Waals surface area contributed by atoms with Gasteiger partial charge in [-0.3, -0.25) is 0 Å². The average Bonchev–Trinajstić information content (AvgIpc) is 2.43. The van der Waals surface area contributed by atoms with Crippen molar-refractivity contribution in [2.24, 2.45) is 10.7 Å². The fourth-order valence-electron chi connectivity index (χ4n) is 2.19. The van der Waals surface area contributed by atoms with E-state index in [2.05, 4.69) is 34.5 Å². The zero-order chi connectivity index (χ0) is 17.0. The first-order valence-corrected chi connectivity index (χ1v) is 8.55. The Morgan fingerprint density at radius 3 is 2.57 bits per heavy atom. The molecular weight excluding hydrogens is 406 g/mol. The van der Waals surface area contributed by atoms with E-state index in [4.69, 9.17) is 10.5 Å². The highest BCUT2D eigenvalue weighted by Crippen LogP contribution is 2.32. The molecule has 5 heteroatoms. The molecular formula is C18H20FIN2O. The van der Waals surface area contributed by atoms with Crippen LogP contribution in [0.25, 0.3) is 0 Å². The Bertz CT molecular complexity index is 724. The molecule has 0 spiro atoms. The molecule has 0 aliphatic heterocycles. The highest BCUT2D eigenvalue weighted by Gasteiger charge is 2.08. The minimum atomic E-state index is -0.310. The van der Waals surface area contributed by atoms with Gasteiger partial charge in [-0.15, -0.1) is 0 Å². The van der Waals surface area contributed by atoms with Crippen LogP contribution in [-0.4, -0.2) is 5.84 Å². The monoisotopic (exact) mass is 426 g/mol. The Hall–Kier alpha value is -1.63. The molecule has 0 heterocycles. The van der Waals surface area contributed by atoms with Crippen LogP contribution in [0, 0.1) is 23.2 Å². The molecule has 0 atom stereocenters. The zero-order valence-electron chi connectivity index (χ0n) is 13.5. The maximum atomic E-state index is 13.5. The van der Waals surface area contributed by atoms with Crippen molar-refractivity contribution in [3.05, 3.63) is 50.8 Å². The van der Waals surface area contributed by atoms with Gasteiger partial charge in [0.05, 0.1) is 11.5 Å². The summed E-state index contributed by atoms with van der Waals surface area (Å²) in [5.74, 6) is 1.49. The molecule has 2 rings (SSSR count). The van der Waals surface area contributed by atoms with Gasteiger partial charge >= 0.3 is 0 Å². The molecule has 0 bridgehead atoms. The number of aryl methyl sites for hydroxylation is 2. The largest absolute Gasteiger partial charge is 0.457 e. The molecule has 0 unspecified atom stereocenters. The van der Waals surface area contributed by atoms with Gasteiger partial charge in [0.1, 0.15) is 17.3 Å². The number of nitrogens with two attached hydrogens (primary N) is 1. The first-order chi connectivity index (χ1) is 10.9. The van der Waals surface area contributed by atoms with Gasteiger partial charge in [-0.25, -0.2) is 9.38 Å². The lowest BCUT2D eigenvalue weighted by molar-refractivity contribution is 0.472. The molecule has 0 aromatic heterocycles. The second kappa shape index (κ2) is 7.77. The second-order valence-corrected chi connectivity index (χ2v) is 6.71. The third-order valence-electron chi connectivity index (χ3n) is 3.33. The first kappa shape index (κ1) is 17.7. The Labute approximate surface area is 149 Å². The van der Waals surface area contributed by atoms with Crippen LogP contribution >= 0.6 is 22.6 Å². The van der Waals surface area contributed by atoms with Crippen molar-refractivity contribution in [1.82, 2.24) is 0 Å². The van der Waals surface area contributed by atoms with Crippen LogP contribution in [0.5, 0.6) is 11.5 Å². The van der Waals surface area contributed by atoms with Crippen molar-refractivity contribution >= 4 is 34.1 Å². The number of amidine groups is 1. The molecule has 0 aliphatic carbocycles. The van der Waals surface area contributed by atoms with E-state index in [1.165, 1.54) is 12.1 Å². The summed E-state index contributed by atoms with van der Waals surface area (Å²) >= 11 is 2.06. The Morgan fingerprint density at radius 1 is 1.17 bits per heavy atom. The fourth-order valence-corrected chi connectivity index (χ4v) is 2.79. The van der Waals surface area contributed by atoms with Crippen molar-refractivity contribution in [1.29, 1.82) is 0 Å². The smallest absolute Gasteiger partial charge is 0.131 e. The van der Waals surface area contributed by atoms with Gasteiger partial charge in [0.15, 0.2) is 0 Å². The summed E-state index contributed by atoms with van der Waals surface area (Å²) in [6.45, 7) is 5.96. The standard InChI is InChI=1S/C18H20FIN2O/c1-4-5-18(21)22-16-6-12(3)17(7-11(16)2)23-15-9-13(19)8-14(20)10-15/h6-10H,4-5H2,1-3H3,(H2,21,22). The van der Waals surface area contributed by atoms with E-state index >= 15 is 0 Å². The number of hydrogen-bond acceptors (Lipinski definition) is 2. The predicted octanol–water partition coefficient (Wildman–Crippen LogP) is 5.63. The molecule has 0 amide bonds. The molecule has 23 heavy (non-hydrogen) atoms. The minimum absolute atomic E-state index is 0.310. The highest BCUT2D eigenvalue weighted by molar-refractivity contribution is 14.1. The molecule has 2 aromatic carbocycles. The summed E-state index contributed by atoms with van der Waals surface area (Å²) in [6, 6.07) is 8.48. The summed E-state index contributed by atoms with van der Waals surface area (Å²) in [7, 11) is 0. The lowest BCUT2D eigenvalue weighted by atomic mass is 10.1. The minimum Gasteiger partial charge on any atom is -0.457 e. The van der Waals surface area contributed by atoms with Crippen LogP contribution in [-0.2, 0) is 0 Å². The van der Waals surface area contributed by atoms with E-state index in [9.17, 15) is 4.39 Å². The second-order valence-electron chi connectivity index (χ2n) is 5.46. The van der Waals surface area contributed by atoms with E-state index in [-0.39, 0.29) is 5.82 Å². The van der Waals surface area contributed by atoms with Crippen LogP contribution in [0.2, 0.25) is 0 Å². The van der Waals surface area contributed by atoms with Crippen LogP contribution < -0.4 is 10.5 Å². The molecule has 2 N–H and O–H groups in total. The molecule has 0 aliphatic rings. The number of rotatable bonds is 5.